The lowest BCUT2D eigenvalue weighted by Gasteiger charge is -2.38. The fourth-order valence-corrected chi connectivity index (χ4v) is 5.03. The minimum atomic E-state index is -0.770. The number of aliphatic hydroxyl groups is 1. The maximum absolute atomic E-state index is 11.1. The number of hydrogen-bond donors (Lipinski definition) is 2. The van der Waals surface area contributed by atoms with E-state index < -0.39 is 5.60 Å². The summed E-state index contributed by atoms with van der Waals surface area (Å²) in [6.07, 6.45) is 4.67. The summed E-state index contributed by atoms with van der Waals surface area (Å²) >= 11 is 6.01. The summed E-state index contributed by atoms with van der Waals surface area (Å²) in [6, 6.07) is 21.9. The van der Waals surface area contributed by atoms with Crippen molar-refractivity contribution in [3.8, 4) is 5.75 Å². The minimum Gasteiger partial charge on any atom is -0.488 e. The van der Waals surface area contributed by atoms with Gasteiger partial charge in [0.1, 0.15) is 12.4 Å². The van der Waals surface area contributed by atoms with Gasteiger partial charge in [-0.1, -0.05) is 54.1 Å². The van der Waals surface area contributed by atoms with Crippen molar-refractivity contribution in [2.24, 2.45) is 0 Å². The Balaban J connectivity index is 1.30. The standard InChI is InChI=1S/C28H29ClN2O2/c29-22-9-7-21(8-10-22)28(32)13-16-31(17-14-28)15-3-6-25-24-5-2-1-4-20(24)19-33-27-12-11-23(30)18-26(25)27/h1-2,4-12,18,32H,3,13-17,19,30H2/b25-6-. The van der Waals surface area contributed by atoms with Crippen LogP contribution >= 0.6 is 11.6 Å². The molecule has 170 valence electrons. The topological polar surface area (TPSA) is 58.7 Å². The molecule has 3 aromatic rings. The lowest BCUT2D eigenvalue weighted by atomic mass is 9.84. The van der Waals surface area contributed by atoms with Gasteiger partial charge in [0.05, 0.1) is 5.60 Å². The van der Waals surface area contributed by atoms with Crippen LogP contribution in [0.2, 0.25) is 5.02 Å². The largest absolute Gasteiger partial charge is 0.488 e. The molecule has 0 atom stereocenters. The van der Waals surface area contributed by atoms with Gasteiger partial charge in [0.15, 0.2) is 0 Å². The number of fused-ring (bicyclic) bond motifs is 2. The van der Waals surface area contributed by atoms with Crippen molar-refractivity contribution in [1.29, 1.82) is 0 Å². The van der Waals surface area contributed by atoms with Gasteiger partial charge in [-0.3, -0.25) is 0 Å². The highest BCUT2D eigenvalue weighted by atomic mass is 35.5. The average molecular weight is 461 g/mol. The summed E-state index contributed by atoms with van der Waals surface area (Å²) in [5.74, 6) is 0.873. The number of nitrogens with two attached hydrogens (primary N) is 1. The second-order valence-electron chi connectivity index (χ2n) is 8.99. The Labute approximate surface area is 200 Å². The van der Waals surface area contributed by atoms with E-state index in [0.717, 1.165) is 61.5 Å². The Morgan fingerprint density at radius 2 is 1.76 bits per heavy atom. The number of ether oxygens (including phenoxy) is 1. The number of nitrogen functional groups attached to an aromatic ring is 1. The predicted molar refractivity (Wildman–Crippen MR) is 134 cm³/mol. The van der Waals surface area contributed by atoms with Crippen molar-refractivity contribution in [3.63, 3.8) is 0 Å². The summed E-state index contributed by atoms with van der Waals surface area (Å²) in [5, 5.41) is 11.8. The molecule has 33 heavy (non-hydrogen) atoms. The molecule has 0 aromatic heterocycles. The zero-order chi connectivity index (χ0) is 22.8. The monoisotopic (exact) mass is 460 g/mol. The molecular weight excluding hydrogens is 432 g/mol. The first kappa shape index (κ1) is 22.0. The first-order chi connectivity index (χ1) is 16.0. The molecule has 0 bridgehead atoms. The van der Waals surface area contributed by atoms with Crippen LogP contribution in [0.1, 0.15) is 41.5 Å². The number of anilines is 1. The van der Waals surface area contributed by atoms with Gasteiger partial charge < -0.3 is 20.5 Å². The maximum atomic E-state index is 11.1. The van der Waals surface area contributed by atoms with Gasteiger partial charge in [-0.15, -0.1) is 0 Å². The van der Waals surface area contributed by atoms with Crippen LogP contribution in [0, 0.1) is 0 Å². The molecule has 0 spiro atoms. The molecule has 3 N–H and O–H groups in total. The van der Waals surface area contributed by atoms with Gasteiger partial charge in [-0.05, 0) is 71.9 Å². The van der Waals surface area contributed by atoms with Crippen LogP contribution < -0.4 is 10.5 Å². The Morgan fingerprint density at radius 1 is 1.00 bits per heavy atom. The number of halogens is 1. The van der Waals surface area contributed by atoms with E-state index >= 15 is 0 Å². The lowest BCUT2D eigenvalue weighted by Crippen LogP contribution is -2.42. The van der Waals surface area contributed by atoms with E-state index in [-0.39, 0.29) is 0 Å². The zero-order valence-corrected chi connectivity index (χ0v) is 19.4. The van der Waals surface area contributed by atoms with Crippen molar-refractivity contribution in [2.45, 2.75) is 31.5 Å². The number of likely N-dealkylation sites (tertiary alicyclic amines) is 1. The highest BCUT2D eigenvalue weighted by molar-refractivity contribution is 6.30. The molecule has 0 aliphatic carbocycles. The Hall–Kier alpha value is -2.79. The normalized spacial score (nSPS) is 18.8. The van der Waals surface area contributed by atoms with Gasteiger partial charge in [0, 0.05) is 35.9 Å². The number of nitrogens with zero attached hydrogens (tertiary/aromatic N) is 1. The maximum Gasteiger partial charge on any atom is 0.127 e. The van der Waals surface area contributed by atoms with Gasteiger partial charge in [0.2, 0.25) is 0 Å². The zero-order valence-electron chi connectivity index (χ0n) is 18.6. The van der Waals surface area contributed by atoms with E-state index in [0.29, 0.717) is 11.6 Å². The third kappa shape index (κ3) is 4.65. The van der Waals surface area contributed by atoms with E-state index in [4.69, 9.17) is 22.1 Å². The van der Waals surface area contributed by atoms with E-state index in [1.54, 1.807) is 0 Å². The minimum absolute atomic E-state index is 0.555. The Morgan fingerprint density at radius 3 is 2.55 bits per heavy atom. The van der Waals surface area contributed by atoms with Gasteiger partial charge in [-0.25, -0.2) is 0 Å². The third-order valence-corrected chi connectivity index (χ3v) is 7.10. The molecule has 2 heterocycles. The molecule has 0 unspecified atom stereocenters. The molecule has 3 aromatic carbocycles. The summed E-state index contributed by atoms with van der Waals surface area (Å²) in [7, 11) is 0. The smallest absolute Gasteiger partial charge is 0.127 e. The molecule has 5 rings (SSSR count). The summed E-state index contributed by atoms with van der Waals surface area (Å²) in [5.41, 5.74) is 11.7. The fourth-order valence-electron chi connectivity index (χ4n) is 4.90. The molecule has 4 nitrogen and oxygen atoms in total. The Kier molecular flexibility index (Phi) is 6.15. The SMILES string of the molecule is Nc1ccc2c(c1)/C(=C\CCN1CCC(O)(c3ccc(Cl)cc3)CC1)c1ccccc1CO2. The summed E-state index contributed by atoms with van der Waals surface area (Å²) < 4.78 is 6.09. The molecule has 2 aliphatic heterocycles. The quantitative estimate of drug-likeness (QED) is 0.496. The van der Waals surface area contributed by atoms with Crippen LogP contribution in [0.15, 0.2) is 72.8 Å². The van der Waals surface area contributed by atoms with Crippen LogP contribution in [0.4, 0.5) is 5.69 Å². The van der Waals surface area contributed by atoms with Gasteiger partial charge in [-0.2, -0.15) is 0 Å². The molecule has 1 saturated heterocycles. The van der Waals surface area contributed by atoms with E-state index in [1.165, 1.54) is 16.7 Å². The predicted octanol–water partition coefficient (Wildman–Crippen LogP) is 5.62. The van der Waals surface area contributed by atoms with Crippen LogP contribution in [-0.2, 0) is 12.2 Å². The average Bonchev–Trinajstić information content (AvgIpc) is 2.98. The van der Waals surface area contributed by atoms with Crippen molar-refractivity contribution in [1.82, 2.24) is 4.90 Å². The third-order valence-electron chi connectivity index (χ3n) is 6.84. The first-order valence-electron chi connectivity index (χ1n) is 11.5. The second-order valence-corrected chi connectivity index (χ2v) is 9.42. The van der Waals surface area contributed by atoms with E-state index in [1.807, 2.05) is 42.5 Å². The molecule has 0 saturated carbocycles. The number of piperidine rings is 1. The van der Waals surface area contributed by atoms with E-state index in [9.17, 15) is 5.11 Å². The molecule has 2 aliphatic rings. The number of rotatable bonds is 4. The van der Waals surface area contributed by atoms with Crippen molar-refractivity contribution in [2.75, 3.05) is 25.4 Å². The van der Waals surface area contributed by atoms with Crippen molar-refractivity contribution in [3.05, 3.63) is 100 Å². The fraction of sp³-hybridized carbons (Fsp3) is 0.286. The van der Waals surface area contributed by atoms with Crippen LogP contribution in [0.5, 0.6) is 5.75 Å². The summed E-state index contributed by atoms with van der Waals surface area (Å²) in [4.78, 5) is 2.43. The highest BCUT2D eigenvalue weighted by Crippen LogP contribution is 2.38. The number of hydrogen-bond acceptors (Lipinski definition) is 4. The Bertz CT molecular complexity index is 1160. The molecule has 5 heteroatoms. The first-order valence-corrected chi connectivity index (χ1v) is 11.9. The molecule has 1 fully saturated rings. The molecule has 0 amide bonds. The lowest BCUT2D eigenvalue weighted by molar-refractivity contribution is -0.0254. The summed E-state index contributed by atoms with van der Waals surface area (Å²) in [6.45, 7) is 3.23. The second kappa shape index (κ2) is 9.22. The highest BCUT2D eigenvalue weighted by Gasteiger charge is 2.33. The molecular formula is C28H29ClN2O2. The van der Waals surface area contributed by atoms with Crippen molar-refractivity contribution < 1.29 is 9.84 Å². The van der Waals surface area contributed by atoms with Gasteiger partial charge in [0.25, 0.3) is 0 Å². The van der Waals surface area contributed by atoms with Gasteiger partial charge >= 0.3 is 0 Å². The van der Waals surface area contributed by atoms with Crippen LogP contribution in [0.3, 0.4) is 0 Å². The van der Waals surface area contributed by atoms with Crippen molar-refractivity contribution >= 4 is 22.9 Å². The molecule has 0 radical (unpaired) electrons. The van der Waals surface area contributed by atoms with E-state index in [2.05, 4.69) is 35.2 Å². The number of benzene rings is 3. The van der Waals surface area contributed by atoms with Crippen LogP contribution in [0.25, 0.3) is 5.57 Å². The van der Waals surface area contributed by atoms with Crippen LogP contribution in [-0.4, -0.2) is 29.6 Å².